The van der Waals surface area contributed by atoms with Crippen molar-refractivity contribution in [2.75, 3.05) is 5.32 Å². The Labute approximate surface area is 125 Å². The third kappa shape index (κ3) is 1.72. The Hall–Kier alpha value is -3.10. The minimum atomic E-state index is -0.615. The third-order valence-electron chi connectivity index (χ3n) is 3.75. The number of amidine groups is 1. The van der Waals surface area contributed by atoms with Gasteiger partial charge >= 0.3 is 0 Å². The Balaban J connectivity index is 1.84. The van der Waals surface area contributed by atoms with Crippen molar-refractivity contribution in [1.82, 2.24) is 14.5 Å². The van der Waals surface area contributed by atoms with Crippen LogP contribution in [0.4, 0.5) is 5.82 Å². The number of fused-ring (bicyclic) bond motifs is 3. The Morgan fingerprint density at radius 1 is 1.36 bits per heavy atom. The number of aromatic nitrogens is 3. The van der Waals surface area contributed by atoms with E-state index >= 15 is 0 Å². The average Bonchev–Trinajstić information content (AvgIpc) is 3.09. The van der Waals surface area contributed by atoms with Crippen LogP contribution >= 0.6 is 0 Å². The number of anilines is 1. The first-order valence-corrected chi connectivity index (χ1v) is 6.69. The Bertz CT molecular complexity index is 770. The number of rotatable bonds is 2. The molecule has 22 heavy (non-hydrogen) atoms. The second kappa shape index (κ2) is 4.45. The summed E-state index contributed by atoms with van der Waals surface area (Å²) in [7, 11) is 0. The first-order chi connectivity index (χ1) is 10.6. The van der Waals surface area contributed by atoms with Crippen LogP contribution in [-0.2, 0) is 4.74 Å². The average molecular weight is 299 g/mol. The molecule has 3 atom stereocenters. The van der Waals surface area contributed by atoms with Crippen molar-refractivity contribution in [3.05, 3.63) is 42.1 Å². The van der Waals surface area contributed by atoms with E-state index in [0.29, 0.717) is 5.82 Å². The maximum absolute atomic E-state index is 11.5. The van der Waals surface area contributed by atoms with Gasteiger partial charge in [0.05, 0.1) is 12.0 Å². The van der Waals surface area contributed by atoms with Crippen molar-refractivity contribution >= 4 is 17.7 Å². The zero-order valence-electron chi connectivity index (χ0n) is 11.4. The topological polar surface area (TPSA) is 133 Å². The summed E-state index contributed by atoms with van der Waals surface area (Å²) >= 11 is 0. The molecule has 5 N–H and O–H groups in total. The number of ether oxygens (including phenoxy) is 1. The largest absolute Gasteiger partial charge is 0.455 e. The van der Waals surface area contributed by atoms with Gasteiger partial charge < -0.3 is 21.5 Å². The highest BCUT2D eigenvalue weighted by Gasteiger charge is 2.45. The summed E-state index contributed by atoms with van der Waals surface area (Å²) in [6, 6.07) is 5.34. The monoisotopic (exact) mass is 299 g/mol. The van der Waals surface area contributed by atoms with Crippen LogP contribution in [0, 0.1) is 0 Å². The van der Waals surface area contributed by atoms with E-state index in [9.17, 15) is 4.79 Å². The number of amides is 1. The molecular weight excluding hydrogens is 286 g/mol. The standard InChI is InChI=1S/C13H13N7O2/c14-10(21)8-11-18-7(6-3-1-2-4-16-6)9-12(19-13(15)22-9)20(11)5-17-8/h1-5,7,9,12,18H,(H2,14,21)(H2,15,19)/t7-,9-,12-/m1/s1. The molecule has 0 unspecified atom stereocenters. The second-order valence-corrected chi connectivity index (χ2v) is 5.05. The molecule has 0 bridgehead atoms. The highest BCUT2D eigenvalue weighted by atomic mass is 16.5. The molecule has 9 heteroatoms. The summed E-state index contributed by atoms with van der Waals surface area (Å²) in [4.78, 5) is 24.2. The third-order valence-corrected chi connectivity index (χ3v) is 3.75. The van der Waals surface area contributed by atoms with E-state index in [2.05, 4.69) is 20.3 Å². The van der Waals surface area contributed by atoms with E-state index in [-0.39, 0.29) is 23.9 Å². The number of primary amides is 1. The predicted molar refractivity (Wildman–Crippen MR) is 76.9 cm³/mol. The minimum absolute atomic E-state index is 0.0971. The molecule has 1 amide bonds. The number of hydrogen-bond acceptors (Lipinski definition) is 7. The summed E-state index contributed by atoms with van der Waals surface area (Å²) in [5.74, 6) is -0.123. The lowest BCUT2D eigenvalue weighted by molar-refractivity contribution is 0.0994. The molecule has 2 aliphatic rings. The summed E-state index contributed by atoms with van der Waals surface area (Å²) in [6.45, 7) is 0. The summed E-state index contributed by atoms with van der Waals surface area (Å²) in [5, 5.41) is 3.22. The molecule has 2 aliphatic heterocycles. The first kappa shape index (κ1) is 12.6. The van der Waals surface area contributed by atoms with E-state index in [1.807, 2.05) is 18.2 Å². The van der Waals surface area contributed by atoms with Gasteiger partial charge in [-0.1, -0.05) is 6.07 Å². The normalized spacial score (nSPS) is 25.5. The van der Waals surface area contributed by atoms with Crippen molar-refractivity contribution in [2.45, 2.75) is 18.3 Å². The lowest BCUT2D eigenvalue weighted by Crippen LogP contribution is -2.39. The molecule has 112 valence electrons. The van der Waals surface area contributed by atoms with Gasteiger partial charge in [0, 0.05) is 6.20 Å². The van der Waals surface area contributed by atoms with Crippen LogP contribution in [0.3, 0.4) is 0 Å². The summed E-state index contributed by atoms with van der Waals surface area (Å²) < 4.78 is 7.32. The molecule has 0 aromatic carbocycles. The van der Waals surface area contributed by atoms with Gasteiger partial charge in [-0.3, -0.25) is 14.3 Å². The number of nitrogens with zero attached hydrogens (tertiary/aromatic N) is 4. The van der Waals surface area contributed by atoms with Gasteiger partial charge in [-0.25, -0.2) is 9.98 Å². The molecule has 0 radical (unpaired) electrons. The van der Waals surface area contributed by atoms with Crippen molar-refractivity contribution in [2.24, 2.45) is 16.5 Å². The number of carbonyl (C=O) groups is 1. The molecule has 2 aromatic heterocycles. The number of nitrogens with one attached hydrogen (secondary N) is 1. The van der Waals surface area contributed by atoms with Gasteiger partial charge in [0.25, 0.3) is 11.9 Å². The van der Waals surface area contributed by atoms with Gasteiger partial charge in [-0.05, 0) is 12.1 Å². The summed E-state index contributed by atoms with van der Waals surface area (Å²) in [6.07, 6.45) is 2.40. The lowest BCUT2D eigenvalue weighted by Gasteiger charge is -2.34. The van der Waals surface area contributed by atoms with Gasteiger partial charge in [0.15, 0.2) is 18.0 Å². The molecule has 0 saturated heterocycles. The smallest absolute Gasteiger partial charge is 0.284 e. The van der Waals surface area contributed by atoms with Crippen molar-refractivity contribution in [3.8, 4) is 0 Å². The molecule has 0 fully saturated rings. The van der Waals surface area contributed by atoms with E-state index in [4.69, 9.17) is 16.2 Å². The van der Waals surface area contributed by atoms with E-state index < -0.39 is 12.1 Å². The first-order valence-electron chi connectivity index (χ1n) is 6.69. The van der Waals surface area contributed by atoms with Crippen LogP contribution in [0.2, 0.25) is 0 Å². The second-order valence-electron chi connectivity index (χ2n) is 5.05. The molecule has 9 nitrogen and oxygen atoms in total. The molecule has 0 saturated carbocycles. The van der Waals surface area contributed by atoms with Gasteiger partial charge in [-0.15, -0.1) is 0 Å². The molecule has 4 rings (SSSR count). The van der Waals surface area contributed by atoms with E-state index in [0.717, 1.165) is 5.69 Å². The molecular formula is C13H13N7O2. The van der Waals surface area contributed by atoms with E-state index in [1.165, 1.54) is 6.33 Å². The zero-order valence-corrected chi connectivity index (χ0v) is 11.4. The SMILES string of the molecule is NC(=O)c1ncn2c1N[C@H](c1ccccn1)[C@H]1OC(N)=N[C@@H]12. The number of aliphatic imine (C=N–C) groups is 1. The zero-order chi connectivity index (χ0) is 15.3. The predicted octanol–water partition coefficient (Wildman–Crippen LogP) is -0.244. The fraction of sp³-hybridized carbons (Fsp3) is 0.231. The van der Waals surface area contributed by atoms with E-state index in [1.54, 1.807) is 10.8 Å². The lowest BCUT2D eigenvalue weighted by atomic mass is 10.0. The van der Waals surface area contributed by atoms with Crippen LogP contribution < -0.4 is 16.8 Å². The van der Waals surface area contributed by atoms with Crippen LogP contribution in [0.1, 0.15) is 28.4 Å². The maximum atomic E-state index is 11.5. The number of carbonyl (C=O) groups excluding carboxylic acids is 1. The van der Waals surface area contributed by atoms with Crippen LogP contribution in [0.15, 0.2) is 35.7 Å². The number of imidazole rings is 1. The molecule has 4 heterocycles. The van der Waals surface area contributed by atoms with Crippen LogP contribution in [-0.4, -0.2) is 32.6 Å². The van der Waals surface area contributed by atoms with Crippen molar-refractivity contribution in [1.29, 1.82) is 0 Å². The quantitative estimate of drug-likeness (QED) is 0.700. The van der Waals surface area contributed by atoms with Gasteiger partial charge in [0.1, 0.15) is 11.9 Å². The fourth-order valence-corrected chi connectivity index (χ4v) is 2.81. The van der Waals surface area contributed by atoms with Crippen molar-refractivity contribution < 1.29 is 9.53 Å². The number of pyridine rings is 1. The molecule has 2 aromatic rings. The molecule has 0 aliphatic carbocycles. The Morgan fingerprint density at radius 3 is 2.95 bits per heavy atom. The van der Waals surface area contributed by atoms with Crippen molar-refractivity contribution in [3.63, 3.8) is 0 Å². The summed E-state index contributed by atoms with van der Waals surface area (Å²) in [5.41, 5.74) is 12.0. The Morgan fingerprint density at radius 2 is 2.23 bits per heavy atom. The van der Waals surface area contributed by atoms with Crippen LogP contribution in [0.5, 0.6) is 0 Å². The number of nitrogens with two attached hydrogens (primary N) is 2. The highest BCUT2D eigenvalue weighted by molar-refractivity contribution is 5.96. The fourth-order valence-electron chi connectivity index (χ4n) is 2.81. The Kier molecular flexibility index (Phi) is 2.55. The maximum Gasteiger partial charge on any atom is 0.284 e. The van der Waals surface area contributed by atoms with Gasteiger partial charge in [-0.2, -0.15) is 0 Å². The van der Waals surface area contributed by atoms with Gasteiger partial charge in [0.2, 0.25) is 0 Å². The van der Waals surface area contributed by atoms with Crippen LogP contribution in [0.25, 0.3) is 0 Å². The number of hydrogen-bond donors (Lipinski definition) is 3. The minimum Gasteiger partial charge on any atom is -0.455 e. The molecule has 0 spiro atoms. The highest BCUT2D eigenvalue weighted by Crippen LogP contribution is 2.41.